The molecule has 0 aromatic heterocycles. The summed E-state index contributed by atoms with van der Waals surface area (Å²) in [5.41, 5.74) is 9.31. The summed E-state index contributed by atoms with van der Waals surface area (Å²) in [6.07, 6.45) is 1.51. The third-order valence-electron chi connectivity index (χ3n) is 5.33. The maximum Gasteiger partial charge on any atom is 0.174 e. The van der Waals surface area contributed by atoms with Gasteiger partial charge < -0.3 is 15.6 Å². The number of rotatable bonds is 4. The molecule has 3 N–H and O–H groups in total. The van der Waals surface area contributed by atoms with Crippen molar-refractivity contribution in [3.63, 3.8) is 0 Å². The van der Waals surface area contributed by atoms with Crippen molar-refractivity contribution >= 4 is 11.5 Å². The van der Waals surface area contributed by atoms with Crippen molar-refractivity contribution in [2.45, 2.75) is 18.8 Å². The van der Waals surface area contributed by atoms with E-state index in [9.17, 15) is 14.3 Å². The average Bonchev–Trinajstić information content (AvgIpc) is 3.13. The van der Waals surface area contributed by atoms with Crippen LogP contribution in [0.3, 0.4) is 0 Å². The number of hydrogen-bond donors (Lipinski definition) is 2. The predicted molar refractivity (Wildman–Crippen MR) is 106 cm³/mol. The Morgan fingerprint density at radius 2 is 1.96 bits per heavy atom. The monoisotopic (exact) mass is 377 g/mol. The number of nitrogens with two attached hydrogens (primary N) is 1. The van der Waals surface area contributed by atoms with Crippen molar-refractivity contribution in [2.24, 2.45) is 0 Å². The lowest BCUT2D eigenvalue weighted by atomic mass is 9.89. The van der Waals surface area contributed by atoms with Gasteiger partial charge in [-0.3, -0.25) is 4.79 Å². The number of aryl methyl sites for hydroxylation is 1. The van der Waals surface area contributed by atoms with E-state index in [4.69, 9.17) is 10.5 Å². The highest BCUT2D eigenvalue weighted by molar-refractivity contribution is 6.06. The molecule has 0 saturated heterocycles. The Morgan fingerprint density at radius 3 is 2.75 bits per heavy atom. The summed E-state index contributed by atoms with van der Waals surface area (Å²) in [5.74, 6) is -0.734. The molecule has 1 atom stereocenters. The lowest BCUT2D eigenvalue weighted by Crippen LogP contribution is -2.11. The molecule has 1 aliphatic rings. The van der Waals surface area contributed by atoms with Crippen LogP contribution in [-0.4, -0.2) is 18.0 Å². The molecule has 0 radical (unpaired) electrons. The second-order valence-electron chi connectivity index (χ2n) is 6.96. The first-order chi connectivity index (χ1) is 13.5. The third-order valence-corrected chi connectivity index (χ3v) is 5.33. The molecule has 5 heteroatoms. The molecule has 0 aliphatic heterocycles. The third kappa shape index (κ3) is 2.99. The van der Waals surface area contributed by atoms with E-state index in [0.717, 1.165) is 17.5 Å². The summed E-state index contributed by atoms with van der Waals surface area (Å²) in [5, 5.41) is 10.5. The fraction of sp³-hybridized carbons (Fsp3) is 0.174. The fourth-order valence-corrected chi connectivity index (χ4v) is 3.92. The first-order valence-corrected chi connectivity index (χ1v) is 9.08. The molecule has 0 spiro atoms. The second-order valence-corrected chi connectivity index (χ2v) is 6.96. The van der Waals surface area contributed by atoms with Crippen molar-refractivity contribution in [2.75, 3.05) is 12.8 Å². The highest BCUT2D eigenvalue weighted by atomic mass is 19.1. The second kappa shape index (κ2) is 7.00. The van der Waals surface area contributed by atoms with Crippen molar-refractivity contribution < 1.29 is 19.0 Å². The summed E-state index contributed by atoms with van der Waals surface area (Å²) in [6, 6.07) is 15.1. The maximum atomic E-state index is 13.8. The normalized spacial score (nSPS) is 15.3. The van der Waals surface area contributed by atoms with E-state index in [2.05, 4.69) is 0 Å². The molecule has 3 aromatic carbocycles. The number of phenolic OH excluding ortho intramolecular Hbond substituents is 1. The molecule has 28 heavy (non-hydrogen) atoms. The zero-order chi connectivity index (χ0) is 19.8. The zero-order valence-corrected chi connectivity index (χ0v) is 15.4. The van der Waals surface area contributed by atoms with E-state index in [1.165, 1.54) is 31.4 Å². The molecule has 4 rings (SSSR count). The van der Waals surface area contributed by atoms with Crippen molar-refractivity contribution in [1.82, 2.24) is 0 Å². The van der Waals surface area contributed by atoms with Crippen LogP contribution in [0.1, 0.15) is 33.8 Å². The summed E-state index contributed by atoms with van der Waals surface area (Å²) in [6.45, 7) is 0. The van der Waals surface area contributed by atoms with E-state index in [1.54, 1.807) is 6.07 Å². The zero-order valence-electron chi connectivity index (χ0n) is 15.4. The van der Waals surface area contributed by atoms with Crippen LogP contribution < -0.4 is 10.5 Å². The molecular formula is C23H20FNO3. The van der Waals surface area contributed by atoms with Gasteiger partial charge in [-0.2, -0.15) is 0 Å². The number of Topliss-reactive ketones (excluding diaryl/α,β-unsaturated/α-hetero) is 1. The summed E-state index contributed by atoms with van der Waals surface area (Å²) >= 11 is 0. The molecular weight excluding hydrogens is 357 g/mol. The molecule has 1 aliphatic carbocycles. The molecule has 1 unspecified atom stereocenters. The van der Waals surface area contributed by atoms with Crippen LogP contribution in [0.15, 0.2) is 54.6 Å². The van der Waals surface area contributed by atoms with Crippen LogP contribution in [0.4, 0.5) is 10.1 Å². The van der Waals surface area contributed by atoms with Gasteiger partial charge in [0.1, 0.15) is 17.3 Å². The lowest BCUT2D eigenvalue weighted by molar-refractivity contribution is 0.0957. The van der Waals surface area contributed by atoms with Gasteiger partial charge in [-0.1, -0.05) is 24.3 Å². The number of anilines is 1. The number of phenols is 1. The largest absolute Gasteiger partial charge is 0.505 e. The average molecular weight is 377 g/mol. The van der Waals surface area contributed by atoms with Crippen LogP contribution >= 0.6 is 0 Å². The van der Waals surface area contributed by atoms with Gasteiger partial charge in [0.15, 0.2) is 5.78 Å². The Kier molecular flexibility index (Phi) is 4.51. The number of ketones is 1. The minimum atomic E-state index is -0.431. The number of benzene rings is 3. The summed E-state index contributed by atoms with van der Waals surface area (Å²) in [7, 11) is 1.49. The number of hydrogen-bond acceptors (Lipinski definition) is 4. The first kappa shape index (κ1) is 18.0. The quantitative estimate of drug-likeness (QED) is 0.393. The SMILES string of the molecule is COc1ccc(F)cc1-c1cc(N)c(O)c(C(=O)C2CCc3ccccc32)c1. The van der Waals surface area contributed by atoms with Crippen LogP contribution in [0.2, 0.25) is 0 Å². The van der Waals surface area contributed by atoms with Gasteiger partial charge >= 0.3 is 0 Å². The van der Waals surface area contributed by atoms with Crippen molar-refractivity contribution in [3.05, 3.63) is 77.1 Å². The summed E-state index contributed by atoms with van der Waals surface area (Å²) < 4.78 is 19.1. The topological polar surface area (TPSA) is 72.6 Å². The first-order valence-electron chi connectivity index (χ1n) is 9.08. The number of nitrogen functional groups attached to an aromatic ring is 1. The van der Waals surface area contributed by atoms with Crippen LogP contribution in [0.5, 0.6) is 11.5 Å². The number of carbonyl (C=O) groups is 1. The predicted octanol–water partition coefficient (Wildman–Crippen LogP) is 4.70. The van der Waals surface area contributed by atoms with E-state index in [1.807, 2.05) is 24.3 Å². The van der Waals surface area contributed by atoms with Crippen LogP contribution in [0, 0.1) is 5.82 Å². The van der Waals surface area contributed by atoms with Gasteiger partial charge in [0, 0.05) is 11.5 Å². The molecule has 142 valence electrons. The van der Waals surface area contributed by atoms with Gasteiger partial charge in [-0.05, 0) is 59.9 Å². The lowest BCUT2D eigenvalue weighted by Gasteiger charge is -2.16. The number of fused-ring (bicyclic) bond motifs is 1. The molecule has 3 aromatic rings. The number of ether oxygens (including phenoxy) is 1. The molecule has 0 heterocycles. The Labute approximate surface area is 162 Å². The van der Waals surface area contributed by atoms with E-state index < -0.39 is 5.82 Å². The van der Waals surface area contributed by atoms with Gasteiger partial charge in [-0.15, -0.1) is 0 Å². The van der Waals surface area contributed by atoms with Gasteiger partial charge in [-0.25, -0.2) is 4.39 Å². The van der Waals surface area contributed by atoms with E-state index in [0.29, 0.717) is 23.3 Å². The Morgan fingerprint density at radius 1 is 1.18 bits per heavy atom. The van der Waals surface area contributed by atoms with E-state index >= 15 is 0 Å². The standard InChI is InChI=1S/C23H20FNO3/c1-28-21-9-7-15(24)12-18(21)14-10-19(23(27)20(25)11-14)22(26)17-8-6-13-4-2-3-5-16(13)17/h2-5,7,9-12,17,27H,6,8,25H2,1H3. The smallest absolute Gasteiger partial charge is 0.174 e. The molecule has 0 fully saturated rings. The molecule has 4 nitrogen and oxygen atoms in total. The summed E-state index contributed by atoms with van der Waals surface area (Å²) in [4.78, 5) is 13.3. The Balaban J connectivity index is 1.81. The molecule has 0 amide bonds. The highest BCUT2D eigenvalue weighted by Crippen LogP contribution is 2.41. The number of carbonyl (C=O) groups excluding carboxylic acids is 1. The van der Waals surface area contributed by atoms with Gasteiger partial charge in [0.25, 0.3) is 0 Å². The highest BCUT2D eigenvalue weighted by Gasteiger charge is 2.31. The van der Waals surface area contributed by atoms with E-state index in [-0.39, 0.29) is 28.7 Å². The van der Waals surface area contributed by atoms with Crippen LogP contribution in [-0.2, 0) is 6.42 Å². The van der Waals surface area contributed by atoms with Crippen molar-refractivity contribution in [1.29, 1.82) is 0 Å². The van der Waals surface area contributed by atoms with Crippen molar-refractivity contribution in [3.8, 4) is 22.6 Å². The van der Waals surface area contributed by atoms with Gasteiger partial charge in [0.05, 0.1) is 18.4 Å². The number of methoxy groups -OCH3 is 1. The minimum Gasteiger partial charge on any atom is -0.505 e. The minimum absolute atomic E-state index is 0.0680. The number of aromatic hydroxyl groups is 1. The maximum absolute atomic E-state index is 13.8. The fourth-order valence-electron chi connectivity index (χ4n) is 3.92. The molecule has 0 bridgehead atoms. The Bertz CT molecular complexity index is 1080. The van der Waals surface area contributed by atoms with Crippen LogP contribution in [0.25, 0.3) is 11.1 Å². The number of halogens is 1. The molecule has 0 saturated carbocycles. The van der Waals surface area contributed by atoms with Gasteiger partial charge in [0.2, 0.25) is 0 Å². The Hall–Kier alpha value is -3.34.